The lowest BCUT2D eigenvalue weighted by molar-refractivity contribution is 0.490. The first-order valence-electron chi connectivity index (χ1n) is 5.96. The van der Waals surface area contributed by atoms with Gasteiger partial charge in [-0.05, 0) is 29.2 Å². The highest BCUT2D eigenvalue weighted by molar-refractivity contribution is 7.89. The summed E-state index contributed by atoms with van der Waals surface area (Å²) in [5.41, 5.74) is 1.09. The molecule has 98 valence electrons. The van der Waals surface area contributed by atoms with E-state index in [0.29, 0.717) is 18.0 Å². The van der Waals surface area contributed by atoms with Crippen molar-refractivity contribution in [2.75, 3.05) is 13.1 Å². The summed E-state index contributed by atoms with van der Waals surface area (Å²) in [4.78, 5) is 1.50. The summed E-state index contributed by atoms with van der Waals surface area (Å²) in [5, 5.41) is 2.00. The van der Waals surface area contributed by atoms with Crippen molar-refractivity contribution in [2.24, 2.45) is 0 Å². The van der Waals surface area contributed by atoms with Crippen LogP contribution in [0.1, 0.15) is 4.88 Å². The molecule has 0 amide bonds. The third-order valence-electron chi connectivity index (χ3n) is 3.11. The monoisotopic (exact) mass is 291 g/mol. The van der Waals surface area contributed by atoms with Crippen molar-refractivity contribution in [3.8, 4) is 0 Å². The van der Waals surface area contributed by atoms with E-state index in [9.17, 15) is 8.42 Å². The first-order chi connectivity index (χ1) is 9.18. The summed E-state index contributed by atoms with van der Waals surface area (Å²) in [6, 6.07) is 12.6. The third-order valence-corrected chi connectivity index (χ3v) is 5.88. The topological polar surface area (TPSA) is 37.4 Å². The fourth-order valence-corrected chi connectivity index (χ4v) is 4.23. The van der Waals surface area contributed by atoms with Crippen molar-refractivity contribution in [1.82, 2.24) is 4.31 Å². The zero-order valence-corrected chi connectivity index (χ0v) is 11.8. The van der Waals surface area contributed by atoms with Crippen LogP contribution in [0.2, 0.25) is 0 Å². The van der Waals surface area contributed by atoms with Crippen LogP contribution in [0.25, 0.3) is 5.57 Å². The number of sulfonamides is 1. The highest BCUT2D eigenvalue weighted by atomic mass is 32.2. The molecule has 1 aromatic heterocycles. The van der Waals surface area contributed by atoms with E-state index in [4.69, 9.17) is 0 Å². The van der Waals surface area contributed by atoms with E-state index in [-0.39, 0.29) is 0 Å². The van der Waals surface area contributed by atoms with Gasteiger partial charge in [0.05, 0.1) is 4.90 Å². The summed E-state index contributed by atoms with van der Waals surface area (Å²) in [7, 11) is -3.38. The molecule has 2 heterocycles. The second-order valence-electron chi connectivity index (χ2n) is 4.32. The van der Waals surface area contributed by atoms with Gasteiger partial charge in [-0.2, -0.15) is 4.31 Å². The summed E-state index contributed by atoms with van der Waals surface area (Å²) in [5.74, 6) is 0. The zero-order chi connectivity index (χ0) is 13.3. The minimum absolute atomic E-state index is 0.357. The predicted octanol–water partition coefficient (Wildman–Crippen LogP) is 2.84. The standard InChI is InChI=1S/C14H13NO2S2/c16-19(17,13-5-2-1-3-6-13)15-9-8-12(11-15)14-7-4-10-18-14/h1-8,10H,9,11H2. The minimum Gasteiger partial charge on any atom is -0.207 e. The maximum atomic E-state index is 12.4. The molecule has 0 N–H and O–H groups in total. The first-order valence-corrected chi connectivity index (χ1v) is 8.28. The molecule has 1 aliphatic heterocycles. The van der Waals surface area contributed by atoms with Crippen molar-refractivity contribution in [1.29, 1.82) is 0 Å². The molecular weight excluding hydrogens is 278 g/mol. The third kappa shape index (κ3) is 2.36. The van der Waals surface area contributed by atoms with Gasteiger partial charge in [0.1, 0.15) is 0 Å². The maximum Gasteiger partial charge on any atom is 0.243 e. The number of hydrogen-bond donors (Lipinski definition) is 0. The Labute approximate surface area is 116 Å². The molecule has 0 atom stereocenters. The Morgan fingerprint density at radius 2 is 1.84 bits per heavy atom. The summed E-state index contributed by atoms with van der Waals surface area (Å²) in [6.07, 6.45) is 1.99. The van der Waals surface area contributed by atoms with Gasteiger partial charge in [0.15, 0.2) is 0 Å². The lowest BCUT2D eigenvalue weighted by Crippen LogP contribution is -2.28. The molecule has 0 radical (unpaired) electrons. The van der Waals surface area contributed by atoms with Crippen molar-refractivity contribution in [3.05, 3.63) is 58.8 Å². The molecule has 0 aliphatic carbocycles. The Balaban J connectivity index is 1.83. The molecule has 5 heteroatoms. The first kappa shape index (κ1) is 12.6. The Morgan fingerprint density at radius 3 is 2.53 bits per heavy atom. The molecule has 19 heavy (non-hydrogen) atoms. The number of thiophene rings is 1. The van der Waals surface area contributed by atoms with Crippen LogP contribution in [0.4, 0.5) is 0 Å². The van der Waals surface area contributed by atoms with Crippen LogP contribution in [0.15, 0.2) is 58.8 Å². The zero-order valence-electron chi connectivity index (χ0n) is 10.2. The largest absolute Gasteiger partial charge is 0.243 e. The lowest BCUT2D eigenvalue weighted by atomic mass is 10.2. The Hall–Kier alpha value is -1.43. The molecular formula is C14H13NO2S2. The molecule has 0 bridgehead atoms. The van der Waals surface area contributed by atoms with Crippen LogP contribution in [-0.2, 0) is 10.0 Å². The maximum absolute atomic E-state index is 12.4. The van der Waals surface area contributed by atoms with E-state index >= 15 is 0 Å². The summed E-state index contributed by atoms with van der Waals surface area (Å²) < 4.78 is 26.4. The Bertz CT molecular complexity index is 688. The van der Waals surface area contributed by atoms with E-state index in [1.165, 1.54) is 4.31 Å². The molecule has 3 nitrogen and oxygen atoms in total. The van der Waals surface area contributed by atoms with Crippen LogP contribution in [0.5, 0.6) is 0 Å². The number of benzene rings is 1. The number of nitrogens with zero attached hydrogens (tertiary/aromatic N) is 1. The quantitative estimate of drug-likeness (QED) is 0.872. The highest BCUT2D eigenvalue weighted by Gasteiger charge is 2.28. The van der Waals surface area contributed by atoms with E-state index in [2.05, 4.69) is 0 Å². The van der Waals surface area contributed by atoms with Gasteiger partial charge in [-0.25, -0.2) is 8.42 Å². The molecule has 0 unspecified atom stereocenters. The Morgan fingerprint density at radius 1 is 1.05 bits per heavy atom. The van der Waals surface area contributed by atoms with Gasteiger partial charge in [0.25, 0.3) is 0 Å². The van der Waals surface area contributed by atoms with Gasteiger partial charge in [-0.3, -0.25) is 0 Å². The van der Waals surface area contributed by atoms with Gasteiger partial charge in [0, 0.05) is 18.0 Å². The number of hydrogen-bond acceptors (Lipinski definition) is 3. The second-order valence-corrected chi connectivity index (χ2v) is 7.20. The van der Waals surface area contributed by atoms with Crippen LogP contribution in [0.3, 0.4) is 0 Å². The molecule has 3 rings (SSSR count). The summed E-state index contributed by atoms with van der Waals surface area (Å²) >= 11 is 1.64. The summed E-state index contributed by atoms with van der Waals surface area (Å²) in [6.45, 7) is 0.905. The molecule has 0 saturated heterocycles. The average molecular weight is 291 g/mol. The van der Waals surface area contributed by atoms with Crippen molar-refractivity contribution in [3.63, 3.8) is 0 Å². The van der Waals surface area contributed by atoms with Crippen LogP contribution in [-0.4, -0.2) is 25.8 Å². The van der Waals surface area contributed by atoms with E-state index < -0.39 is 10.0 Å². The van der Waals surface area contributed by atoms with E-state index in [1.54, 1.807) is 35.6 Å². The highest BCUT2D eigenvalue weighted by Crippen LogP contribution is 2.28. The lowest BCUT2D eigenvalue weighted by Gasteiger charge is -2.16. The van der Waals surface area contributed by atoms with Crippen molar-refractivity contribution < 1.29 is 8.42 Å². The molecule has 1 aliphatic rings. The van der Waals surface area contributed by atoms with Gasteiger partial charge >= 0.3 is 0 Å². The predicted molar refractivity (Wildman–Crippen MR) is 77.5 cm³/mol. The van der Waals surface area contributed by atoms with Gasteiger partial charge in [0.2, 0.25) is 10.0 Å². The van der Waals surface area contributed by atoms with Crippen LogP contribution in [0, 0.1) is 0 Å². The number of rotatable bonds is 3. The van der Waals surface area contributed by atoms with Crippen LogP contribution < -0.4 is 0 Å². The van der Waals surface area contributed by atoms with Gasteiger partial charge in [-0.15, -0.1) is 11.3 Å². The SMILES string of the molecule is O=S(=O)(c1ccccc1)N1CC=C(c2cccs2)C1. The van der Waals surface area contributed by atoms with E-state index in [1.807, 2.05) is 29.7 Å². The second kappa shape index (κ2) is 4.92. The average Bonchev–Trinajstić information content (AvgIpc) is 3.10. The van der Waals surface area contributed by atoms with Crippen molar-refractivity contribution >= 4 is 26.9 Å². The smallest absolute Gasteiger partial charge is 0.207 e. The normalized spacial score (nSPS) is 16.5. The van der Waals surface area contributed by atoms with Crippen molar-refractivity contribution in [2.45, 2.75) is 4.90 Å². The van der Waals surface area contributed by atoms with Gasteiger partial charge < -0.3 is 0 Å². The van der Waals surface area contributed by atoms with Crippen LogP contribution >= 0.6 is 11.3 Å². The molecule has 0 spiro atoms. The van der Waals surface area contributed by atoms with E-state index in [0.717, 1.165) is 10.5 Å². The fraction of sp³-hybridized carbons (Fsp3) is 0.143. The molecule has 0 fully saturated rings. The molecule has 2 aromatic rings. The Kier molecular flexibility index (Phi) is 3.26. The molecule has 0 saturated carbocycles. The van der Waals surface area contributed by atoms with Gasteiger partial charge in [-0.1, -0.05) is 30.3 Å². The fourth-order valence-electron chi connectivity index (χ4n) is 2.10. The molecule has 1 aromatic carbocycles. The minimum atomic E-state index is -3.38.